The van der Waals surface area contributed by atoms with Gasteiger partial charge in [-0.25, -0.2) is 0 Å². The molecule has 2 atom stereocenters. The predicted molar refractivity (Wildman–Crippen MR) is 64.4 cm³/mol. The number of likely N-dealkylation sites (N-methyl/N-ethyl adjacent to an activating group) is 1. The Morgan fingerprint density at radius 1 is 1.67 bits per heavy atom. The van der Waals surface area contributed by atoms with Crippen LogP contribution >= 0.6 is 11.3 Å². The Kier molecular flexibility index (Phi) is 4.18. The summed E-state index contributed by atoms with van der Waals surface area (Å²) >= 11 is 1.85. The summed E-state index contributed by atoms with van der Waals surface area (Å²) in [6.45, 7) is 1.88. The van der Waals surface area contributed by atoms with Crippen LogP contribution in [0.3, 0.4) is 0 Å². The van der Waals surface area contributed by atoms with E-state index in [-0.39, 0.29) is 0 Å². The Morgan fingerprint density at radius 3 is 3.20 bits per heavy atom. The second-order valence-corrected chi connectivity index (χ2v) is 5.19. The molecule has 0 amide bonds. The summed E-state index contributed by atoms with van der Waals surface area (Å²) in [6.07, 6.45) is 3.66. The smallest absolute Gasteiger partial charge is 0.0509 e. The first-order valence-electron chi connectivity index (χ1n) is 5.67. The largest absolute Gasteiger partial charge is 0.381 e. The molecule has 3 heteroatoms. The Balaban J connectivity index is 1.91. The standard InChI is InChI=1S/C12H19NOS/c1-13-12(8-11-5-3-7-15-11)10-4-2-6-14-9-10/h3,5,7,10,12-13H,2,4,6,8-9H2,1H3. The molecule has 0 aliphatic carbocycles. The van der Waals surface area contributed by atoms with Gasteiger partial charge in [0.05, 0.1) is 6.61 Å². The minimum atomic E-state index is 0.573. The highest BCUT2D eigenvalue weighted by Gasteiger charge is 2.23. The number of hydrogen-bond donors (Lipinski definition) is 1. The predicted octanol–water partition coefficient (Wildman–Crippen LogP) is 2.31. The van der Waals surface area contributed by atoms with E-state index in [1.165, 1.54) is 17.7 Å². The molecule has 1 fully saturated rings. The zero-order valence-electron chi connectivity index (χ0n) is 9.24. The van der Waals surface area contributed by atoms with Crippen LogP contribution < -0.4 is 5.32 Å². The fourth-order valence-corrected chi connectivity index (χ4v) is 3.00. The van der Waals surface area contributed by atoms with Gasteiger partial charge in [0.2, 0.25) is 0 Å². The summed E-state index contributed by atoms with van der Waals surface area (Å²) in [4.78, 5) is 1.47. The molecule has 15 heavy (non-hydrogen) atoms. The van der Waals surface area contributed by atoms with Crippen molar-refractivity contribution in [2.45, 2.75) is 25.3 Å². The quantitative estimate of drug-likeness (QED) is 0.849. The van der Waals surface area contributed by atoms with Gasteiger partial charge in [-0.2, -0.15) is 0 Å². The van der Waals surface area contributed by atoms with Crippen LogP contribution in [0.1, 0.15) is 17.7 Å². The number of thiophene rings is 1. The van der Waals surface area contributed by atoms with Crippen molar-refractivity contribution in [1.82, 2.24) is 5.32 Å². The number of rotatable bonds is 4. The Morgan fingerprint density at radius 2 is 2.60 bits per heavy atom. The van der Waals surface area contributed by atoms with Crippen LogP contribution in [0.25, 0.3) is 0 Å². The minimum absolute atomic E-state index is 0.573. The third-order valence-corrected chi connectivity index (χ3v) is 4.04. The molecule has 2 unspecified atom stereocenters. The monoisotopic (exact) mass is 225 g/mol. The van der Waals surface area contributed by atoms with Gasteiger partial charge in [0, 0.05) is 17.5 Å². The Hall–Kier alpha value is -0.380. The maximum Gasteiger partial charge on any atom is 0.0509 e. The van der Waals surface area contributed by atoms with Crippen LogP contribution in [0.15, 0.2) is 17.5 Å². The maximum absolute atomic E-state index is 5.55. The first kappa shape index (κ1) is 11.1. The van der Waals surface area contributed by atoms with Crippen molar-refractivity contribution < 1.29 is 4.74 Å². The Labute approximate surface area is 95.6 Å². The summed E-state index contributed by atoms with van der Waals surface area (Å²) < 4.78 is 5.55. The summed E-state index contributed by atoms with van der Waals surface area (Å²) in [6, 6.07) is 4.92. The molecule has 2 nitrogen and oxygen atoms in total. The van der Waals surface area contributed by atoms with Gasteiger partial charge in [0.25, 0.3) is 0 Å². The summed E-state index contributed by atoms with van der Waals surface area (Å²) in [5.74, 6) is 0.686. The molecule has 2 rings (SSSR count). The van der Waals surface area contributed by atoms with Crippen molar-refractivity contribution in [3.05, 3.63) is 22.4 Å². The molecule has 84 valence electrons. The van der Waals surface area contributed by atoms with Crippen molar-refractivity contribution in [3.8, 4) is 0 Å². The SMILES string of the molecule is CNC(Cc1cccs1)C1CCCOC1. The molecule has 0 aromatic carbocycles. The number of ether oxygens (including phenoxy) is 1. The first-order valence-corrected chi connectivity index (χ1v) is 6.55. The van der Waals surface area contributed by atoms with Gasteiger partial charge in [0.15, 0.2) is 0 Å². The van der Waals surface area contributed by atoms with Crippen molar-refractivity contribution in [2.75, 3.05) is 20.3 Å². The summed E-state index contributed by atoms with van der Waals surface area (Å²) in [7, 11) is 2.06. The van der Waals surface area contributed by atoms with E-state index < -0.39 is 0 Å². The lowest BCUT2D eigenvalue weighted by Gasteiger charge is -2.29. The fourth-order valence-electron chi connectivity index (χ4n) is 2.23. The molecule has 0 bridgehead atoms. The van der Waals surface area contributed by atoms with E-state index in [9.17, 15) is 0 Å². The van der Waals surface area contributed by atoms with Gasteiger partial charge in [-0.05, 0) is 43.7 Å². The minimum Gasteiger partial charge on any atom is -0.381 e. The molecular formula is C12H19NOS. The fraction of sp³-hybridized carbons (Fsp3) is 0.667. The van der Waals surface area contributed by atoms with Crippen molar-refractivity contribution in [1.29, 1.82) is 0 Å². The molecule has 1 aliphatic heterocycles. The third-order valence-electron chi connectivity index (χ3n) is 3.14. The normalized spacial score (nSPS) is 23.9. The van der Waals surface area contributed by atoms with E-state index in [4.69, 9.17) is 4.74 Å². The molecular weight excluding hydrogens is 206 g/mol. The summed E-state index contributed by atoms with van der Waals surface area (Å²) in [5.41, 5.74) is 0. The highest BCUT2D eigenvalue weighted by atomic mass is 32.1. The molecule has 1 aromatic heterocycles. The van der Waals surface area contributed by atoms with Crippen molar-refractivity contribution in [2.24, 2.45) is 5.92 Å². The first-order chi connectivity index (χ1) is 7.40. The Bertz CT molecular complexity index is 267. The topological polar surface area (TPSA) is 21.3 Å². The number of hydrogen-bond acceptors (Lipinski definition) is 3. The molecule has 0 radical (unpaired) electrons. The van der Waals surface area contributed by atoms with Crippen LogP contribution in [0.4, 0.5) is 0 Å². The average molecular weight is 225 g/mol. The maximum atomic E-state index is 5.55. The molecule has 1 N–H and O–H groups in total. The van der Waals surface area contributed by atoms with Gasteiger partial charge in [-0.15, -0.1) is 11.3 Å². The van der Waals surface area contributed by atoms with Crippen LogP contribution in [0.2, 0.25) is 0 Å². The highest BCUT2D eigenvalue weighted by molar-refractivity contribution is 7.09. The van der Waals surface area contributed by atoms with Crippen LogP contribution in [-0.4, -0.2) is 26.3 Å². The van der Waals surface area contributed by atoms with E-state index in [0.29, 0.717) is 12.0 Å². The average Bonchev–Trinajstić information content (AvgIpc) is 2.80. The van der Waals surface area contributed by atoms with Gasteiger partial charge in [0.1, 0.15) is 0 Å². The van der Waals surface area contributed by atoms with Crippen LogP contribution in [-0.2, 0) is 11.2 Å². The highest BCUT2D eigenvalue weighted by Crippen LogP contribution is 2.21. The van der Waals surface area contributed by atoms with Crippen molar-refractivity contribution in [3.63, 3.8) is 0 Å². The van der Waals surface area contributed by atoms with E-state index >= 15 is 0 Å². The second kappa shape index (κ2) is 5.64. The lowest BCUT2D eigenvalue weighted by molar-refractivity contribution is 0.0406. The van der Waals surface area contributed by atoms with Crippen LogP contribution in [0, 0.1) is 5.92 Å². The zero-order chi connectivity index (χ0) is 10.5. The third kappa shape index (κ3) is 3.03. The van der Waals surface area contributed by atoms with Crippen LogP contribution in [0.5, 0.6) is 0 Å². The molecule has 1 aliphatic rings. The molecule has 1 saturated heterocycles. The molecule has 1 aromatic rings. The molecule has 2 heterocycles. The number of nitrogens with one attached hydrogen (secondary N) is 1. The van der Waals surface area contributed by atoms with Gasteiger partial charge < -0.3 is 10.1 Å². The van der Waals surface area contributed by atoms with E-state index in [1.807, 2.05) is 11.3 Å². The second-order valence-electron chi connectivity index (χ2n) is 4.16. The van der Waals surface area contributed by atoms with Gasteiger partial charge >= 0.3 is 0 Å². The molecule has 0 spiro atoms. The van der Waals surface area contributed by atoms with Gasteiger partial charge in [-0.3, -0.25) is 0 Å². The molecule has 0 saturated carbocycles. The lowest BCUT2D eigenvalue weighted by Crippen LogP contribution is -2.39. The van der Waals surface area contributed by atoms with Crippen molar-refractivity contribution >= 4 is 11.3 Å². The lowest BCUT2D eigenvalue weighted by atomic mass is 9.91. The van der Waals surface area contributed by atoms with Gasteiger partial charge in [-0.1, -0.05) is 6.07 Å². The van der Waals surface area contributed by atoms with E-state index in [0.717, 1.165) is 19.6 Å². The van der Waals surface area contributed by atoms with E-state index in [1.54, 1.807) is 0 Å². The zero-order valence-corrected chi connectivity index (χ0v) is 10.1. The summed E-state index contributed by atoms with van der Waals surface area (Å²) in [5, 5.41) is 5.59. The van der Waals surface area contributed by atoms with E-state index in [2.05, 4.69) is 29.9 Å².